The van der Waals surface area contributed by atoms with E-state index in [1.165, 1.54) is 22.8 Å². The van der Waals surface area contributed by atoms with E-state index in [1.807, 2.05) is 38.1 Å². The zero-order chi connectivity index (χ0) is 15.2. The molecular weight excluding hydrogens is 308 g/mol. The minimum atomic E-state index is -0.147. The Hall–Kier alpha value is -1.53. The molecule has 0 aliphatic heterocycles. The van der Waals surface area contributed by atoms with Gasteiger partial charge in [0.15, 0.2) is 0 Å². The van der Waals surface area contributed by atoms with Gasteiger partial charge in [0, 0.05) is 23.9 Å². The predicted molar refractivity (Wildman–Crippen MR) is 84.8 cm³/mol. The maximum atomic E-state index is 12.1. The van der Waals surface area contributed by atoms with Crippen molar-refractivity contribution < 1.29 is 4.79 Å². The lowest BCUT2D eigenvalue weighted by Crippen LogP contribution is -2.34. The third-order valence-electron chi connectivity index (χ3n) is 2.98. The number of hydrogen-bond acceptors (Lipinski definition) is 4. The minimum Gasteiger partial charge on any atom is -0.323 e. The summed E-state index contributed by atoms with van der Waals surface area (Å²) in [4.78, 5) is 18.0. The molecule has 0 radical (unpaired) electrons. The minimum absolute atomic E-state index is 0.147. The maximum Gasteiger partial charge on any atom is 0.346 e. The molecule has 0 atom stereocenters. The molecule has 0 saturated heterocycles. The molecule has 0 aliphatic carbocycles. The van der Waals surface area contributed by atoms with Crippen molar-refractivity contribution in [1.29, 1.82) is 0 Å². The lowest BCUT2D eigenvalue weighted by atomic mass is 10.2. The first-order valence-electron chi connectivity index (χ1n) is 6.72. The second-order valence-electron chi connectivity index (χ2n) is 4.34. The highest BCUT2D eigenvalue weighted by Crippen LogP contribution is 2.20. The topological polar surface area (TPSA) is 51.0 Å². The molecule has 1 amide bonds. The first kappa shape index (κ1) is 15.9. The molecule has 1 aromatic heterocycles. The predicted octanol–water partition coefficient (Wildman–Crippen LogP) is 3.53. The van der Waals surface area contributed by atoms with Crippen molar-refractivity contribution in [2.45, 2.75) is 24.8 Å². The zero-order valence-electron chi connectivity index (χ0n) is 12.0. The van der Waals surface area contributed by atoms with Gasteiger partial charge >= 0.3 is 6.03 Å². The summed E-state index contributed by atoms with van der Waals surface area (Å²) in [5.74, 6) is 0.737. The van der Waals surface area contributed by atoms with Crippen LogP contribution in [0.15, 0.2) is 35.7 Å². The van der Waals surface area contributed by atoms with Gasteiger partial charge in [-0.05, 0) is 31.5 Å². The van der Waals surface area contributed by atoms with Crippen LogP contribution in [0.3, 0.4) is 0 Å². The fraction of sp³-hybridized carbons (Fsp3) is 0.357. The van der Waals surface area contributed by atoms with Crippen molar-refractivity contribution in [2.24, 2.45) is 0 Å². The molecule has 2 rings (SSSR count). The Bertz CT molecular complexity index is 595. The van der Waals surface area contributed by atoms with Crippen LogP contribution in [0.5, 0.6) is 0 Å². The van der Waals surface area contributed by atoms with Gasteiger partial charge < -0.3 is 4.90 Å². The SMILES string of the molecule is CCN(CC)C(=O)n1cnc(SCc2ccc(Cl)cc2)n1. The highest BCUT2D eigenvalue weighted by atomic mass is 35.5. The third kappa shape index (κ3) is 4.22. The van der Waals surface area contributed by atoms with Crippen molar-refractivity contribution >= 4 is 29.4 Å². The van der Waals surface area contributed by atoms with Gasteiger partial charge in [-0.1, -0.05) is 35.5 Å². The van der Waals surface area contributed by atoms with Gasteiger partial charge in [0.25, 0.3) is 0 Å². The Balaban J connectivity index is 1.97. The summed E-state index contributed by atoms with van der Waals surface area (Å²) in [6, 6.07) is 7.49. The Morgan fingerprint density at radius 2 is 1.95 bits per heavy atom. The van der Waals surface area contributed by atoms with Gasteiger partial charge in [-0.2, -0.15) is 4.68 Å². The number of aromatic nitrogens is 3. The lowest BCUT2D eigenvalue weighted by Gasteiger charge is -2.17. The van der Waals surface area contributed by atoms with E-state index in [4.69, 9.17) is 11.6 Å². The summed E-state index contributed by atoms with van der Waals surface area (Å²) in [6.45, 7) is 5.19. The molecule has 7 heteroatoms. The molecular formula is C14H17ClN4OS. The van der Waals surface area contributed by atoms with Gasteiger partial charge in [0.1, 0.15) is 6.33 Å². The maximum absolute atomic E-state index is 12.1. The number of thioether (sulfide) groups is 1. The Labute approximate surface area is 133 Å². The fourth-order valence-corrected chi connectivity index (χ4v) is 2.66. The summed E-state index contributed by atoms with van der Waals surface area (Å²) in [5.41, 5.74) is 1.14. The van der Waals surface area contributed by atoms with Crippen LogP contribution in [0.25, 0.3) is 0 Å². The van der Waals surface area contributed by atoms with Gasteiger partial charge in [0.05, 0.1) is 0 Å². The molecule has 0 spiro atoms. The van der Waals surface area contributed by atoms with Crippen molar-refractivity contribution in [3.63, 3.8) is 0 Å². The molecule has 0 fully saturated rings. The summed E-state index contributed by atoms with van der Waals surface area (Å²) in [6.07, 6.45) is 1.46. The van der Waals surface area contributed by atoms with Gasteiger partial charge in [-0.15, -0.1) is 5.10 Å². The second kappa shape index (κ2) is 7.47. The number of nitrogens with zero attached hydrogens (tertiary/aromatic N) is 4. The number of amides is 1. The quantitative estimate of drug-likeness (QED) is 0.789. The van der Waals surface area contributed by atoms with E-state index in [0.29, 0.717) is 18.2 Å². The van der Waals surface area contributed by atoms with E-state index in [9.17, 15) is 4.79 Å². The summed E-state index contributed by atoms with van der Waals surface area (Å²) in [7, 11) is 0. The van der Waals surface area contributed by atoms with Crippen LogP contribution in [0.2, 0.25) is 5.02 Å². The molecule has 1 heterocycles. The third-order valence-corrected chi connectivity index (χ3v) is 4.16. The zero-order valence-corrected chi connectivity index (χ0v) is 13.6. The standard InChI is InChI=1S/C14H17ClN4OS/c1-3-18(4-2)14(20)19-10-16-13(17-19)21-9-11-5-7-12(15)8-6-11/h5-8,10H,3-4,9H2,1-2H3. The second-order valence-corrected chi connectivity index (χ2v) is 5.72. The highest BCUT2D eigenvalue weighted by Gasteiger charge is 2.14. The Morgan fingerprint density at radius 1 is 1.29 bits per heavy atom. The molecule has 2 aromatic rings. The van der Waals surface area contributed by atoms with Crippen LogP contribution in [-0.2, 0) is 5.75 Å². The van der Waals surface area contributed by atoms with E-state index in [1.54, 1.807) is 4.90 Å². The molecule has 0 saturated carbocycles. The first-order valence-corrected chi connectivity index (χ1v) is 8.08. The summed E-state index contributed by atoms with van der Waals surface area (Å²) in [5, 5.41) is 5.52. The van der Waals surface area contributed by atoms with E-state index in [-0.39, 0.29) is 6.03 Å². The van der Waals surface area contributed by atoms with Crippen LogP contribution in [0, 0.1) is 0 Å². The van der Waals surface area contributed by atoms with Crippen molar-refractivity contribution in [3.05, 3.63) is 41.2 Å². The number of hydrogen-bond donors (Lipinski definition) is 0. The Morgan fingerprint density at radius 3 is 2.57 bits per heavy atom. The number of benzene rings is 1. The largest absolute Gasteiger partial charge is 0.346 e. The molecule has 21 heavy (non-hydrogen) atoms. The number of carbonyl (C=O) groups excluding carboxylic acids is 1. The first-order chi connectivity index (χ1) is 10.1. The molecule has 5 nitrogen and oxygen atoms in total. The fourth-order valence-electron chi connectivity index (χ4n) is 1.77. The molecule has 0 aliphatic rings. The monoisotopic (exact) mass is 324 g/mol. The van der Waals surface area contributed by atoms with Crippen molar-refractivity contribution in [3.8, 4) is 0 Å². The molecule has 0 N–H and O–H groups in total. The molecule has 0 bridgehead atoms. The van der Waals surface area contributed by atoms with Crippen LogP contribution < -0.4 is 0 Å². The molecule has 112 valence electrons. The van der Waals surface area contributed by atoms with Crippen molar-refractivity contribution in [1.82, 2.24) is 19.7 Å². The summed E-state index contributed by atoms with van der Waals surface area (Å²) < 4.78 is 1.29. The average Bonchev–Trinajstić information content (AvgIpc) is 2.97. The number of carbonyl (C=O) groups is 1. The van der Waals surface area contributed by atoms with Crippen LogP contribution >= 0.6 is 23.4 Å². The lowest BCUT2D eigenvalue weighted by molar-refractivity contribution is 0.201. The molecule has 0 unspecified atom stereocenters. The number of halogens is 1. The number of rotatable bonds is 5. The van der Waals surface area contributed by atoms with E-state index in [0.717, 1.165) is 16.3 Å². The van der Waals surface area contributed by atoms with Crippen LogP contribution in [-0.4, -0.2) is 38.8 Å². The van der Waals surface area contributed by atoms with E-state index < -0.39 is 0 Å². The van der Waals surface area contributed by atoms with E-state index in [2.05, 4.69) is 10.1 Å². The smallest absolute Gasteiger partial charge is 0.323 e. The van der Waals surface area contributed by atoms with E-state index >= 15 is 0 Å². The van der Waals surface area contributed by atoms with Gasteiger partial charge in [-0.3, -0.25) is 0 Å². The van der Waals surface area contributed by atoms with Crippen LogP contribution in [0.4, 0.5) is 4.79 Å². The molecule has 1 aromatic carbocycles. The Kier molecular flexibility index (Phi) is 5.64. The van der Waals surface area contributed by atoms with Crippen molar-refractivity contribution in [2.75, 3.05) is 13.1 Å². The van der Waals surface area contributed by atoms with Gasteiger partial charge in [0.2, 0.25) is 5.16 Å². The average molecular weight is 325 g/mol. The summed E-state index contributed by atoms with van der Waals surface area (Å²) >= 11 is 7.33. The van der Waals surface area contributed by atoms with Gasteiger partial charge in [-0.25, -0.2) is 9.78 Å². The van der Waals surface area contributed by atoms with Crippen LogP contribution in [0.1, 0.15) is 19.4 Å². The highest BCUT2D eigenvalue weighted by molar-refractivity contribution is 7.98. The normalized spacial score (nSPS) is 10.6.